The summed E-state index contributed by atoms with van der Waals surface area (Å²) in [5, 5.41) is 3.61. The lowest BCUT2D eigenvalue weighted by atomic mass is 10.0. The van der Waals surface area contributed by atoms with Crippen molar-refractivity contribution < 1.29 is 18.7 Å². The van der Waals surface area contributed by atoms with Gasteiger partial charge in [-0.05, 0) is 66.6 Å². The molecule has 6 nitrogen and oxygen atoms in total. The highest BCUT2D eigenvalue weighted by atomic mass is 16.5. The number of rotatable bonds is 7. The fourth-order valence-electron chi connectivity index (χ4n) is 3.93. The highest BCUT2D eigenvalue weighted by Gasteiger charge is 2.14. The second-order valence-electron chi connectivity index (χ2n) is 8.19. The Morgan fingerprint density at radius 1 is 0.833 bits per heavy atom. The first-order valence-corrected chi connectivity index (χ1v) is 11.5. The van der Waals surface area contributed by atoms with Crippen LogP contribution in [0.1, 0.15) is 5.56 Å². The van der Waals surface area contributed by atoms with E-state index in [0.29, 0.717) is 28.3 Å². The number of carbonyl (C=O) groups excluding carboxylic acids is 1. The van der Waals surface area contributed by atoms with Crippen LogP contribution in [0.15, 0.2) is 112 Å². The van der Waals surface area contributed by atoms with Crippen LogP contribution in [0.3, 0.4) is 0 Å². The molecule has 1 amide bonds. The Morgan fingerprint density at radius 3 is 2.22 bits per heavy atom. The van der Waals surface area contributed by atoms with Crippen molar-refractivity contribution in [2.75, 3.05) is 11.9 Å². The number of nitrogens with one attached hydrogen (secondary N) is 1. The molecule has 1 heterocycles. The minimum absolute atomic E-state index is 0.197. The molecule has 5 aromatic rings. The van der Waals surface area contributed by atoms with Crippen molar-refractivity contribution in [2.45, 2.75) is 6.92 Å². The number of amides is 1. The van der Waals surface area contributed by atoms with Crippen LogP contribution in [0, 0.1) is 6.92 Å². The number of ether oxygens (including phenoxy) is 2. The van der Waals surface area contributed by atoms with E-state index in [0.717, 1.165) is 22.3 Å². The third-order valence-electron chi connectivity index (χ3n) is 5.67. The zero-order valence-electron chi connectivity index (χ0n) is 19.6. The topological polar surface area (TPSA) is 77.8 Å². The predicted molar refractivity (Wildman–Crippen MR) is 140 cm³/mol. The smallest absolute Gasteiger partial charge is 0.336 e. The van der Waals surface area contributed by atoms with Crippen LogP contribution >= 0.6 is 0 Å². The lowest BCUT2D eigenvalue weighted by Gasteiger charge is -2.13. The van der Waals surface area contributed by atoms with E-state index >= 15 is 0 Å². The van der Waals surface area contributed by atoms with Crippen molar-refractivity contribution in [3.05, 3.63) is 119 Å². The van der Waals surface area contributed by atoms with Crippen LogP contribution in [0.5, 0.6) is 17.2 Å². The fraction of sp³-hybridized carbons (Fsp3) is 0.0667. The monoisotopic (exact) mass is 477 g/mol. The number of aryl methyl sites for hydroxylation is 1. The first kappa shape index (κ1) is 22.9. The SMILES string of the molecule is Cc1c(OCC(=O)Nc2ccc(Oc3ccccc3)cc2)ccc2c(-c3ccccc3)cc(=O)oc12. The second kappa shape index (κ2) is 10.2. The van der Waals surface area contributed by atoms with Gasteiger partial charge in [0.25, 0.3) is 5.91 Å². The van der Waals surface area contributed by atoms with Crippen molar-refractivity contribution >= 4 is 22.6 Å². The highest BCUT2D eigenvalue weighted by molar-refractivity contribution is 5.96. The zero-order valence-corrected chi connectivity index (χ0v) is 19.6. The van der Waals surface area contributed by atoms with Gasteiger partial charge in [0.15, 0.2) is 6.61 Å². The van der Waals surface area contributed by atoms with Gasteiger partial charge in [-0.1, -0.05) is 48.5 Å². The fourth-order valence-corrected chi connectivity index (χ4v) is 3.93. The molecule has 36 heavy (non-hydrogen) atoms. The summed E-state index contributed by atoms with van der Waals surface area (Å²) in [6.45, 7) is 1.61. The summed E-state index contributed by atoms with van der Waals surface area (Å²) >= 11 is 0. The molecule has 5 rings (SSSR count). The van der Waals surface area contributed by atoms with Crippen LogP contribution in [-0.4, -0.2) is 12.5 Å². The molecule has 0 atom stereocenters. The molecule has 0 fully saturated rings. The molecule has 0 aliphatic rings. The first-order chi connectivity index (χ1) is 17.6. The van der Waals surface area contributed by atoms with Gasteiger partial charge in [0.2, 0.25) is 0 Å². The lowest BCUT2D eigenvalue weighted by molar-refractivity contribution is -0.118. The quantitative estimate of drug-likeness (QED) is 0.268. The molecule has 1 aromatic heterocycles. The molecular formula is C30H23NO5. The Morgan fingerprint density at radius 2 is 1.50 bits per heavy atom. The lowest BCUT2D eigenvalue weighted by Crippen LogP contribution is -2.20. The van der Waals surface area contributed by atoms with Gasteiger partial charge in [0.05, 0.1) is 0 Å². The average Bonchev–Trinajstić information content (AvgIpc) is 2.90. The van der Waals surface area contributed by atoms with E-state index in [1.54, 1.807) is 37.3 Å². The summed E-state index contributed by atoms with van der Waals surface area (Å²) in [5.74, 6) is 1.56. The third kappa shape index (κ3) is 5.13. The molecule has 0 radical (unpaired) electrons. The van der Waals surface area contributed by atoms with E-state index in [1.165, 1.54) is 6.07 Å². The summed E-state index contributed by atoms with van der Waals surface area (Å²) in [6.07, 6.45) is 0. The molecule has 178 valence electrons. The second-order valence-corrected chi connectivity index (χ2v) is 8.19. The maximum Gasteiger partial charge on any atom is 0.336 e. The predicted octanol–water partition coefficient (Wildman–Crippen LogP) is 6.58. The molecule has 0 unspecified atom stereocenters. The number of benzene rings is 4. The maximum absolute atomic E-state index is 12.5. The molecule has 1 N–H and O–H groups in total. The summed E-state index contributed by atoms with van der Waals surface area (Å²) in [5.41, 5.74) is 2.97. The van der Waals surface area contributed by atoms with Crippen LogP contribution in [0.25, 0.3) is 22.1 Å². The van der Waals surface area contributed by atoms with Crippen LogP contribution in [0.2, 0.25) is 0 Å². The van der Waals surface area contributed by atoms with E-state index in [1.807, 2.05) is 66.7 Å². The first-order valence-electron chi connectivity index (χ1n) is 11.5. The van der Waals surface area contributed by atoms with Crippen LogP contribution < -0.4 is 20.4 Å². The highest BCUT2D eigenvalue weighted by Crippen LogP contribution is 2.33. The average molecular weight is 478 g/mol. The number of fused-ring (bicyclic) bond motifs is 1. The van der Waals surface area contributed by atoms with Gasteiger partial charge in [-0.3, -0.25) is 4.79 Å². The van der Waals surface area contributed by atoms with Gasteiger partial charge >= 0.3 is 5.63 Å². The largest absolute Gasteiger partial charge is 0.483 e. The summed E-state index contributed by atoms with van der Waals surface area (Å²) in [6, 6.07) is 31.3. The number of carbonyl (C=O) groups is 1. The summed E-state index contributed by atoms with van der Waals surface area (Å²) in [4.78, 5) is 24.7. The van der Waals surface area contributed by atoms with Gasteiger partial charge in [-0.25, -0.2) is 4.79 Å². The Kier molecular flexibility index (Phi) is 6.49. The number of anilines is 1. The number of hydrogen-bond donors (Lipinski definition) is 1. The van der Waals surface area contributed by atoms with Crippen molar-refractivity contribution in [3.63, 3.8) is 0 Å². The minimum Gasteiger partial charge on any atom is -0.483 e. The van der Waals surface area contributed by atoms with Gasteiger partial charge < -0.3 is 19.2 Å². The third-order valence-corrected chi connectivity index (χ3v) is 5.67. The Bertz CT molecular complexity index is 1560. The molecule has 0 saturated carbocycles. The zero-order chi connectivity index (χ0) is 24.9. The van der Waals surface area contributed by atoms with Crippen molar-refractivity contribution in [2.24, 2.45) is 0 Å². The molecular weight excluding hydrogens is 454 g/mol. The molecule has 6 heteroatoms. The Labute approximate surface area is 207 Å². The molecule has 4 aromatic carbocycles. The van der Waals surface area contributed by atoms with E-state index in [4.69, 9.17) is 13.9 Å². The van der Waals surface area contributed by atoms with Crippen molar-refractivity contribution in [1.82, 2.24) is 0 Å². The van der Waals surface area contributed by atoms with Crippen molar-refractivity contribution in [1.29, 1.82) is 0 Å². The van der Waals surface area contributed by atoms with Gasteiger partial charge in [-0.2, -0.15) is 0 Å². The number of para-hydroxylation sites is 1. The molecule has 0 aliphatic carbocycles. The molecule has 0 saturated heterocycles. The van der Waals surface area contributed by atoms with Crippen molar-refractivity contribution in [3.8, 4) is 28.4 Å². The van der Waals surface area contributed by atoms with Gasteiger partial charge in [0, 0.05) is 22.7 Å². The Hall–Kier alpha value is -4.84. The standard InChI is InChI=1S/C30H23NO5/c1-20-27(17-16-25-26(18-29(33)36-30(20)25)21-8-4-2-5-9-21)34-19-28(32)31-22-12-14-24(15-13-22)35-23-10-6-3-7-11-23/h2-18H,19H2,1H3,(H,31,32). The van der Waals surface area contributed by atoms with Crippen LogP contribution in [-0.2, 0) is 4.79 Å². The Balaban J connectivity index is 1.27. The molecule has 0 bridgehead atoms. The van der Waals surface area contributed by atoms with E-state index in [2.05, 4.69) is 5.32 Å². The van der Waals surface area contributed by atoms with Gasteiger partial charge in [0.1, 0.15) is 22.8 Å². The summed E-state index contributed by atoms with van der Waals surface area (Å²) in [7, 11) is 0. The molecule has 0 spiro atoms. The molecule has 0 aliphatic heterocycles. The van der Waals surface area contributed by atoms with Crippen LogP contribution in [0.4, 0.5) is 5.69 Å². The normalized spacial score (nSPS) is 10.7. The summed E-state index contributed by atoms with van der Waals surface area (Å²) < 4.78 is 17.0. The van der Waals surface area contributed by atoms with Gasteiger partial charge in [-0.15, -0.1) is 0 Å². The van der Waals surface area contributed by atoms with E-state index < -0.39 is 5.63 Å². The van der Waals surface area contributed by atoms with E-state index in [9.17, 15) is 9.59 Å². The van der Waals surface area contributed by atoms with E-state index in [-0.39, 0.29) is 12.5 Å². The maximum atomic E-state index is 12.5. The number of hydrogen-bond acceptors (Lipinski definition) is 5. The minimum atomic E-state index is -0.445.